The van der Waals surface area contributed by atoms with Crippen molar-refractivity contribution in [2.75, 3.05) is 66.0 Å². The zero-order valence-corrected chi connectivity index (χ0v) is 54.2. The molecule has 0 saturated heterocycles. The maximum absolute atomic E-state index is 12.7. The van der Waals surface area contributed by atoms with Gasteiger partial charge < -0.3 is 59.4 Å². The lowest BCUT2D eigenvalue weighted by atomic mass is 10.0. The lowest BCUT2D eigenvalue weighted by Gasteiger charge is -2.35. The molecule has 2 unspecified atom stereocenters. The van der Waals surface area contributed by atoms with Crippen LogP contribution in [0.5, 0.6) is 17.2 Å². The number of hydrogen-bond acceptors (Lipinski definition) is 16. The number of anilines is 4. The Morgan fingerprint density at radius 2 is 1.54 bits per heavy atom. The van der Waals surface area contributed by atoms with Crippen molar-refractivity contribution in [2.24, 2.45) is 0 Å². The van der Waals surface area contributed by atoms with Crippen molar-refractivity contribution in [3.8, 4) is 17.2 Å². The van der Waals surface area contributed by atoms with Gasteiger partial charge in [0.15, 0.2) is 10.9 Å². The summed E-state index contributed by atoms with van der Waals surface area (Å²) in [5, 5.41) is 24.8. The number of hydrogen-bond donors (Lipinski definition) is 7. The van der Waals surface area contributed by atoms with E-state index < -0.39 is 61.0 Å². The fourth-order valence-electron chi connectivity index (χ4n) is 7.24. The highest BCUT2D eigenvalue weighted by molar-refractivity contribution is 7.51. The van der Waals surface area contributed by atoms with Crippen LogP contribution in [0.25, 0.3) is 0 Å². The minimum Gasteiger partial charge on any atom is -0.489 e. The molecule has 4 aromatic carbocycles. The first-order chi connectivity index (χ1) is 40.5. The number of carboxylic acids is 2. The van der Waals surface area contributed by atoms with Gasteiger partial charge in [0.1, 0.15) is 29.7 Å². The molecule has 0 fully saturated rings. The molecule has 1 aromatic heterocycles. The highest BCUT2D eigenvalue weighted by atomic mass is 35.5. The molecule has 0 bridgehead atoms. The molecule has 0 saturated carbocycles. The summed E-state index contributed by atoms with van der Waals surface area (Å²) in [4.78, 5) is 87.4. The number of aromatic nitrogens is 3. The Morgan fingerprint density at radius 3 is 2.08 bits per heavy atom. The zero-order valence-electron chi connectivity index (χ0n) is 48.7. The second-order valence-corrected chi connectivity index (χ2v) is 23.5. The van der Waals surface area contributed by atoms with Crippen LogP contribution in [0.4, 0.5) is 36.4 Å². The summed E-state index contributed by atoms with van der Waals surface area (Å²) in [6, 6.07) is 19.7. The topological polar surface area (TPSA) is 302 Å². The summed E-state index contributed by atoms with van der Waals surface area (Å²) in [6.07, 6.45) is -5.68. The van der Waals surface area contributed by atoms with Gasteiger partial charge in [-0.2, -0.15) is 28.1 Å². The molecule has 3 atom stereocenters. The number of aliphatic carboxylic acids is 2. The number of fused-ring (bicyclic) bond motifs is 1. The lowest BCUT2D eigenvalue weighted by molar-refractivity contribution is -0.146. The van der Waals surface area contributed by atoms with Crippen LogP contribution in [0.3, 0.4) is 0 Å². The van der Waals surface area contributed by atoms with Crippen molar-refractivity contribution in [3.63, 3.8) is 0 Å². The van der Waals surface area contributed by atoms with Gasteiger partial charge in [0.25, 0.3) is 5.91 Å². The number of rotatable bonds is 19. The molecular formula is C55H68Cl6F3N8O14P. The van der Waals surface area contributed by atoms with E-state index in [9.17, 15) is 41.7 Å². The Balaban J connectivity index is 0.000000384. The molecule has 0 radical (unpaired) electrons. The highest BCUT2D eigenvalue weighted by Crippen LogP contribution is 2.38. The van der Waals surface area contributed by atoms with Crippen LogP contribution in [0.1, 0.15) is 82.4 Å². The van der Waals surface area contributed by atoms with E-state index in [-0.39, 0.29) is 67.7 Å². The molecule has 0 spiro atoms. The molecule has 32 heteroatoms. The normalized spacial score (nSPS) is 13.3. The second kappa shape index (κ2) is 36.5. The van der Waals surface area contributed by atoms with Gasteiger partial charge in [-0.3, -0.25) is 24.3 Å². The summed E-state index contributed by atoms with van der Waals surface area (Å²) < 4.78 is 68.9. The lowest BCUT2D eigenvalue weighted by Crippen LogP contribution is -2.47. The zero-order chi connectivity index (χ0) is 66.1. The average molecular weight is 1370 g/mol. The first kappa shape index (κ1) is 77.1. The molecule has 6 rings (SSSR count). The van der Waals surface area contributed by atoms with Crippen LogP contribution in [0.2, 0.25) is 15.3 Å². The predicted molar refractivity (Wildman–Crippen MR) is 330 cm³/mol. The Kier molecular flexibility index (Phi) is 32.4. The molecule has 22 nitrogen and oxygen atoms in total. The van der Waals surface area contributed by atoms with Gasteiger partial charge >= 0.3 is 31.7 Å². The number of amides is 2. The molecule has 1 aliphatic rings. The average Bonchev–Trinajstić information content (AvgIpc) is 2.47. The molecule has 5 aromatic rings. The number of esters is 1. The third-order valence-corrected chi connectivity index (χ3v) is 13.0. The van der Waals surface area contributed by atoms with E-state index in [1.165, 1.54) is 12.1 Å². The summed E-state index contributed by atoms with van der Waals surface area (Å²) >= 11 is 34.5. The van der Waals surface area contributed by atoms with Gasteiger partial charge in [-0.25, -0.2) is 9.59 Å². The summed E-state index contributed by atoms with van der Waals surface area (Å²) in [5.41, 5.74) is 2.71. The van der Waals surface area contributed by atoms with Crippen molar-refractivity contribution >= 4 is 130 Å². The fourth-order valence-corrected chi connectivity index (χ4v) is 8.55. The van der Waals surface area contributed by atoms with Crippen LogP contribution in [-0.2, 0) is 45.8 Å². The molecule has 480 valence electrons. The van der Waals surface area contributed by atoms with Crippen LogP contribution >= 0.6 is 77.2 Å². The maximum atomic E-state index is 12.7. The van der Waals surface area contributed by atoms with Gasteiger partial charge in [0.2, 0.25) is 23.1 Å². The molecule has 0 aliphatic carbocycles. The Labute approximate surface area is 531 Å². The van der Waals surface area contributed by atoms with Crippen LogP contribution < -0.4 is 35.2 Å². The molecular weight excluding hydrogens is 1300 g/mol. The number of ether oxygens (including phenoxy) is 4. The Bertz CT molecular complexity index is 3150. The number of benzene rings is 4. The van der Waals surface area contributed by atoms with Crippen LogP contribution in [0.15, 0.2) is 78.9 Å². The minimum absolute atomic E-state index is 0.0223. The molecule has 7 N–H and O–H groups in total. The van der Waals surface area contributed by atoms with E-state index in [4.69, 9.17) is 109 Å². The van der Waals surface area contributed by atoms with Crippen molar-refractivity contribution in [1.82, 2.24) is 20.3 Å². The number of halogens is 9. The number of nitrogens with zero attached hydrogens (tertiary/aromatic N) is 5. The van der Waals surface area contributed by atoms with E-state index in [1.54, 1.807) is 16.9 Å². The smallest absolute Gasteiger partial charge is 0.416 e. The van der Waals surface area contributed by atoms with Gasteiger partial charge in [-0.05, 0) is 133 Å². The van der Waals surface area contributed by atoms with Crippen LogP contribution in [-0.4, -0.2) is 139 Å². The van der Waals surface area contributed by atoms with E-state index in [1.807, 2.05) is 84.9 Å². The Hall–Kier alpha value is -5.96. The molecule has 1 aliphatic heterocycles. The largest absolute Gasteiger partial charge is 0.489 e. The molecule has 2 amide bonds. The number of methoxy groups -OCH3 is 1. The van der Waals surface area contributed by atoms with Gasteiger partial charge in [-0.1, -0.05) is 83.7 Å². The minimum atomic E-state index is -4.56. The number of aryl methyl sites for hydroxylation is 2. The number of para-hydroxylation sites is 3. The van der Waals surface area contributed by atoms with Crippen LogP contribution in [0, 0.1) is 6.92 Å². The first-order valence-corrected chi connectivity index (χ1v) is 30.3. The second-order valence-electron chi connectivity index (χ2n) is 19.3. The highest BCUT2D eigenvalue weighted by Gasteiger charge is 2.33. The number of carbonyl (C=O) groups is 5. The quantitative estimate of drug-likeness (QED) is 0.0230. The first-order valence-electron chi connectivity index (χ1n) is 26.0. The summed E-state index contributed by atoms with van der Waals surface area (Å²) in [6.45, 7) is 18.4. The van der Waals surface area contributed by atoms with Gasteiger partial charge in [0, 0.05) is 19.2 Å². The van der Waals surface area contributed by atoms with E-state index in [0.717, 1.165) is 60.6 Å². The van der Waals surface area contributed by atoms with Crippen molar-refractivity contribution in [1.29, 1.82) is 0 Å². The maximum Gasteiger partial charge on any atom is 0.416 e. The summed E-state index contributed by atoms with van der Waals surface area (Å²) in [5.74, 6) is -2.30. The summed E-state index contributed by atoms with van der Waals surface area (Å²) in [7, 11) is -2.46. The van der Waals surface area contributed by atoms with Crippen molar-refractivity contribution in [2.45, 2.75) is 103 Å². The number of carbonyl (C=O) groups excluding carboxylic acids is 3. The Morgan fingerprint density at radius 1 is 0.897 bits per heavy atom. The molecule has 2 heterocycles. The predicted octanol–water partition coefficient (Wildman–Crippen LogP) is 12.2. The van der Waals surface area contributed by atoms with Gasteiger partial charge in [0.05, 0.1) is 64.1 Å². The van der Waals surface area contributed by atoms with E-state index in [0.29, 0.717) is 36.9 Å². The standard InChI is InChI=1S/C17H11Cl2F3O5.C15H22ClNO2.C11H11Cl2NO2.C9H16ClN5.C3H8NO5P/c1-8(15(23)24)26-16(25)11-7-10(3-4-12(11)18)27-14-5-2-9(6-13(14)19)17(20,21)22;1-5-13-8-6-7-11(2)15(13)17(14(18)9-16)12(3)10-19-4;1-7-6-16-9-5-3-2-4-8(9)14(7)11(15)10(12)13;1-5-11-7-12-6(10)13-8(14-7)15-9(2,3)4;5-3(6)1-4-2-10(7,8)9/h2-8H,1H3,(H,23,24);6-8,12H,5,9-10H2,1-4H3;2-5,7,10H,6H2,1H3;5H2,1-4H3,(H2,11,12,13,14,15);4H,1-2H2,(H,5,6)(H2,7,8,9)/t8-;;;;/m0..../s1. The third kappa shape index (κ3) is 27.1. The molecule has 87 heavy (non-hydrogen) atoms. The monoisotopic (exact) mass is 1360 g/mol. The van der Waals surface area contributed by atoms with Gasteiger partial charge in [-0.15, -0.1) is 11.6 Å². The number of alkyl halides is 6. The number of nitrogens with one attached hydrogen (secondary N) is 3. The van der Waals surface area contributed by atoms with E-state index >= 15 is 0 Å². The third-order valence-electron chi connectivity index (χ3n) is 10.9. The van der Waals surface area contributed by atoms with Crippen molar-refractivity contribution < 1.29 is 80.7 Å². The fraction of sp³-hybridized carbons (Fsp3) is 0.418. The van der Waals surface area contributed by atoms with E-state index in [2.05, 4.69) is 43.9 Å². The SMILES string of the molecule is CC1COc2ccccc2N1C(=O)C(Cl)Cl.CCNc1nc(Cl)nc(NC(C)(C)C)n1.CCc1cccc(C)c1N(C(=O)CCl)C(C)COC.C[C@H](OC(=O)c1cc(Oc2ccc(C(F)(F)F)cc2Cl)ccc1Cl)C(=O)O.O=C(O)CNCP(=O)(O)O. The van der Waals surface area contributed by atoms with Crippen molar-refractivity contribution in [3.05, 3.63) is 116 Å². The number of carboxylic acid groups (broad SMARTS) is 2.